The normalized spacial score (nSPS) is 23.7. The number of piperidine rings is 1. The maximum absolute atomic E-state index is 13.9. The third-order valence-electron chi connectivity index (χ3n) is 4.02. The van der Waals surface area contributed by atoms with Gasteiger partial charge in [-0.1, -0.05) is 13.0 Å². The van der Waals surface area contributed by atoms with Crippen LogP contribution in [0, 0.1) is 11.7 Å². The van der Waals surface area contributed by atoms with Gasteiger partial charge in [-0.2, -0.15) is 0 Å². The zero-order valence-electron chi connectivity index (χ0n) is 11.7. The highest BCUT2D eigenvalue weighted by molar-refractivity contribution is 5.55. The minimum Gasteiger partial charge on any atom is -0.379 e. The summed E-state index contributed by atoms with van der Waals surface area (Å²) >= 11 is 0. The highest BCUT2D eigenvalue weighted by Gasteiger charge is 2.27. The van der Waals surface area contributed by atoms with E-state index in [0.717, 1.165) is 30.8 Å². The van der Waals surface area contributed by atoms with E-state index in [1.165, 1.54) is 6.07 Å². The van der Waals surface area contributed by atoms with Crippen molar-refractivity contribution in [3.8, 4) is 0 Å². The van der Waals surface area contributed by atoms with E-state index in [9.17, 15) is 4.39 Å². The van der Waals surface area contributed by atoms with Crippen molar-refractivity contribution in [2.75, 3.05) is 31.6 Å². The van der Waals surface area contributed by atoms with Gasteiger partial charge in [0.25, 0.3) is 0 Å². The Morgan fingerprint density at radius 3 is 2.95 bits per heavy atom. The van der Waals surface area contributed by atoms with Crippen LogP contribution in [0.15, 0.2) is 18.2 Å². The Bertz CT molecular complexity index is 425. The Balaban J connectivity index is 2.24. The predicted molar refractivity (Wildman–Crippen MR) is 75.9 cm³/mol. The highest BCUT2D eigenvalue weighted by Crippen LogP contribution is 2.29. The van der Waals surface area contributed by atoms with Gasteiger partial charge in [0.15, 0.2) is 0 Å². The molecule has 19 heavy (non-hydrogen) atoms. The Morgan fingerprint density at radius 1 is 1.47 bits per heavy atom. The lowest BCUT2D eigenvalue weighted by atomic mass is 9.94. The molecule has 0 radical (unpaired) electrons. The van der Waals surface area contributed by atoms with Crippen molar-refractivity contribution < 1.29 is 9.13 Å². The predicted octanol–water partition coefficient (Wildman–Crippen LogP) is 2.19. The van der Waals surface area contributed by atoms with Gasteiger partial charge in [-0.05, 0) is 37.4 Å². The fraction of sp³-hybridized carbons (Fsp3) is 0.600. The molecule has 2 N–H and O–H groups in total. The van der Waals surface area contributed by atoms with Crippen molar-refractivity contribution in [3.63, 3.8) is 0 Å². The van der Waals surface area contributed by atoms with Crippen molar-refractivity contribution in [3.05, 3.63) is 29.6 Å². The number of methoxy groups -OCH3 is 1. The van der Waals surface area contributed by atoms with Crippen LogP contribution >= 0.6 is 0 Å². The summed E-state index contributed by atoms with van der Waals surface area (Å²) in [7, 11) is 1.75. The fourth-order valence-electron chi connectivity index (χ4n) is 2.79. The van der Waals surface area contributed by atoms with Gasteiger partial charge < -0.3 is 15.4 Å². The first-order valence-corrected chi connectivity index (χ1v) is 6.92. The van der Waals surface area contributed by atoms with Gasteiger partial charge >= 0.3 is 0 Å². The smallest absolute Gasteiger partial charge is 0.128 e. The lowest BCUT2D eigenvalue weighted by molar-refractivity contribution is 0.0498. The van der Waals surface area contributed by atoms with Gasteiger partial charge in [-0.25, -0.2) is 4.39 Å². The molecule has 2 unspecified atom stereocenters. The summed E-state index contributed by atoms with van der Waals surface area (Å²) in [4.78, 5) is 2.22. The van der Waals surface area contributed by atoms with Crippen LogP contribution in [-0.4, -0.2) is 32.8 Å². The van der Waals surface area contributed by atoms with E-state index >= 15 is 0 Å². The topological polar surface area (TPSA) is 38.5 Å². The molecule has 1 saturated heterocycles. The van der Waals surface area contributed by atoms with Gasteiger partial charge in [0.1, 0.15) is 5.82 Å². The van der Waals surface area contributed by atoms with Crippen LogP contribution in [0.3, 0.4) is 0 Å². The third-order valence-corrected chi connectivity index (χ3v) is 4.02. The standard InChI is InChI=1S/C15H23FN2O/c1-11-7-9-18(10-15(11)19-2)14-5-3-4-13(16)12(14)6-8-17/h3-5,11,15H,6-10,17H2,1-2H3. The second kappa shape index (κ2) is 6.35. The van der Waals surface area contributed by atoms with Crippen LogP contribution in [0.4, 0.5) is 10.1 Å². The first-order valence-electron chi connectivity index (χ1n) is 6.92. The van der Waals surface area contributed by atoms with Crippen molar-refractivity contribution in [1.82, 2.24) is 0 Å². The molecule has 1 aliphatic heterocycles. The van der Waals surface area contributed by atoms with E-state index in [2.05, 4.69) is 11.8 Å². The quantitative estimate of drug-likeness (QED) is 0.908. The Hall–Kier alpha value is -1.13. The summed E-state index contributed by atoms with van der Waals surface area (Å²) in [5.74, 6) is 0.392. The Labute approximate surface area is 114 Å². The maximum atomic E-state index is 13.9. The molecule has 2 atom stereocenters. The van der Waals surface area contributed by atoms with Crippen LogP contribution in [0.5, 0.6) is 0 Å². The van der Waals surface area contributed by atoms with E-state index in [1.54, 1.807) is 13.2 Å². The van der Waals surface area contributed by atoms with Gasteiger partial charge in [0.05, 0.1) is 6.10 Å². The first kappa shape index (κ1) is 14.3. The lowest BCUT2D eigenvalue weighted by Crippen LogP contribution is -2.44. The zero-order chi connectivity index (χ0) is 13.8. The highest BCUT2D eigenvalue weighted by atomic mass is 19.1. The van der Waals surface area contributed by atoms with Crippen molar-refractivity contribution in [2.24, 2.45) is 11.7 Å². The molecule has 0 saturated carbocycles. The number of hydrogen-bond donors (Lipinski definition) is 1. The van der Waals surface area contributed by atoms with Crippen molar-refractivity contribution >= 4 is 5.69 Å². The zero-order valence-corrected chi connectivity index (χ0v) is 11.7. The van der Waals surface area contributed by atoms with Crippen LogP contribution in [0.25, 0.3) is 0 Å². The number of halogens is 1. The van der Waals surface area contributed by atoms with Crippen molar-refractivity contribution in [1.29, 1.82) is 0 Å². The van der Waals surface area contributed by atoms with Gasteiger partial charge in [0, 0.05) is 31.5 Å². The number of anilines is 1. The molecule has 1 aromatic rings. The monoisotopic (exact) mass is 266 g/mol. The molecule has 0 amide bonds. The summed E-state index contributed by atoms with van der Waals surface area (Å²) in [6, 6.07) is 5.26. The lowest BCUT2D eigenvalue weighted by Gasteiger charge is -2.38. The molecule has 0 spiro atoms. The number of nitrogens with zero attached hydrogens (tertiary/aromatic N) is 1. The molecule has 0 bridgehead atoms. The fourth-order valence-corrected chi connectivity index (χ4v) is 2.79. The second-order valence-electron chi connectivity index (χ2n) is 5.26. The van der Waals surface area contributed by atoms with Crippen LogP contribution < -0.4 is 10.6 Å². The maximum Gasteiger partial charge on any atom is 0.128 e. The molecule has 1 aliphatic rings. The second-order valence-corrected chi connectivity index (χ2v) is 5.26. The summed E-state index contributed by atoms with van der Waals surface area (Å²) in [5, 5.41) is 0. The van der Waals surface area contributed by atoms with Gasteiger partial charge in [-0.3, -0.25) is 0 Å². The average molecular weight is 266 g/mol. The van der Waals surface area contributed by atoms with Gasteiger partial charge in [-0.15, -0.1) is 0 Å². The molecule has 2 rings (SSSR count). The third kappa shape index (κ3) is 3.07. The minimum absolute atomic E-state index is 0.157. The van der Waals surface area contributed by atoms with Crippen molar-refractivity contribution in [2.45, 2.75) is 25.9 Å². The molecule has 3 nitrogen and oxygen atoms in total. The number of hydrogen-bond acceptors (Lipinski definition) is 3. The number of benzene rings is 1. The van der Waals surface area contributed by atoms with Crippen LogP contribution in [0.1, 0.15) is 18.9 Å². The summed E-state index contributed by atoms with van der Waals surface area (Å²) in [6.07, 6.45) is 1.85. The molecule has 4 heteroatoms. The van der Waals surface area contributed by atoms with E-state index in [0.29, 0.717) is 18.9 Å². The van der Waals surface area contributed by atoms with Crippen LogP contribution in [-0.2, 0) is 11.2 Å². The molecular formula is C15H23FN2O. The first-order chi connectivity index (χ1) is 9.17. The Kier molecular flexibility index (Phi) is 4.77. The summed E-state index contributed by atoms with van der Waals surface area (Å²) < 4.78 is 19.5. The summed E-state index contributed by atoms with van der Waals surface area (Å²) in [6.45, 7) is 4.44. The molecule has 1 heterocycles. The van der Waals surface area contributed by atoms with Crippen LogP contribution in [0.2, 0.25) is 0 Å². The van der Waals surface area contributed by atoms with E-state index in [1.807, 2.05) is 6.07 Å². The van der Waals surface area contributed by atoms with E-state index < -0.39 is 0 Å². The number of rotatable bonds is 4. The molecule has 106 valence electrons. The minimum atomic E-state index is -0.157. The average Bonchev–Trinajstić information content (AvgIpc) is 2.42. The van der Waals surface area contributed by atoms with Gasteiger partial charge in [0.2, 0.25) is 0 Å². The Morgan fingerprint density at radius 2 is 2.26 bits per heavy atom. The largest absolute Gasteiger partial charge is 0.379 e. The summed E-state index contributed by atoms with van der Waals surface area (Å²) in [5.41, 5.74) is 7.30. The molecular weight excluding hydrogens is 243 g/mol. The van der Waals surface area contributed by atoms with E-state index in [4.69, 9.17) is 10.5 Å². The number of nitrogens with two attached hydrogens (primary N) is 1. The molecule has 0 aliphatic carbocycles. The molecule has 0 aromatic heterocycles. The molecule has 1 fully saturated rings. The SMILES string of the molecule is COC1CN(c2cccc(F)c2CCN)CCC1C. The molecule has 1 aromatic carbocycles. The number of ether oxygens (including phenoxy) is 1. The van der Waals surface area contributed by atoms with E-state index in [-0.39, 0.29) is 11.9 Å².